The lowest BCUT2D eigenvalue weighted by Crippen LogP contribution is -2.44. The Kier molecular flexibility index (Phi) is 12.1. The van der Waals surface area contributed by atoms with Crippen molar-refractivity contribution in [3.63, 3.8) is 0 Å². The summed E-state index contributed by atoms with van der Waals surface area (Å²) in [5.41, 5.74) is 3.86. The van der Waals surface area contributed by atoms with E-state index in [0.717, 1.165) is 31.3 Å². The molecule has 0 bridgehead atoms. The van der Waals surface area contributed by atoms with Gasteiger partial charge in [-0.25, -0.2) is 4.98 Å². The molecule has 0 N–H and O–H groups in total. The summed E-state index contributed by atoms with van der Waals surface area (Å²) in [7, 11) is 0. The van der Waals surface area contributed by atoms with Crippen molar-refractivity contribution >= 4 is 11.8 Å². The van der Waals surface area contributed by atoms with Crippen LogP contribution in [0.15, 0.2) is 84.0 Å². The van der Waals surface area contributed by atoms with Crippen molar-refractivity contribution in [3.05, 3.63) is 95.7 Å². The number of nitrogens with zero attached hydrogens (tertiary/aromatic N) is 2. The van der Waals surface area contributed by atoms with E-state index < -0.39 is 0 Å². The second kappa shape index (κ2) is 14.8. The normalized spacial score (nSPS) is 16.7. The Morgan fingerprint density at radius 1 is 0.938 bits per heavy atom. The number of ether oxygens (including phenoxy) is 1. The number of aryl methyl sites for hydroxylation is 1. The molecular formula is C28H38N2OS. The molecule has 4 heteroatoms. The van der Waals surface area contributed by atoms with E-state index in [1.807, 2.05) is 51.7 Å². The number of aromatic nitrogens is 1. The van der Waals surface area contributed by atoms with Crippen LogP contribution in [0, 0.1) is 6.92 Å². The smallest absolute Gasteiger partial charge is 0.0995 e. The molecule has 0 saturated carbocycles. The Hall–Kier alpha value is -2.14. The molecule has 0 aliphatic carbocycles. The zero-order valence-corrected chi connectivity index (χ0v) is 21.0. The minimum absolute atomic E-state index is 0.131. The monoisotopic (exact) mass is 450 g/mol. The predicted molar refractivity (Wildman–Crippen MR) is 138 cm³/mol. The number of hydrogen-bond donors (Lipinski definition) is 0. The molecule has 32 heavy (non-hydrogen) atoms. The van der Waals surface area contributed by atoms with Crippen LogP contribution in [0.2, 0.25) is 0 Å². The van der Waals surface area contributed by atoms with Crippen LogP contribution in [0.4, 0.5) is 0 Å². The van der Waals surface area contributed by atoms with Gasteiger partial charge in [0.15, 0.2) is 0 Å². The number of rotatable bonds is 6. The molecule has 2 heterocycles. The lowest BCUT2D eigenvalue weighted by Gasteiger charge is -2.37. The fourth-order valence-corrected chi connectivity index (χ4v) is 4.84. The highest BCUT2D eigenvalue weighted by Gasteiger charge is 2.30. The summed E-state index contributed by atoms with van der Waals surface area (Å²) in [5.74, 6) is 0. The summed E-state index contributed by atoms with van der Waals surface area (Å²) in [4.78, 5) is 7.12. The number of thioether (sulfide) groups is 1. The molecule has 2 aromatic carbocycles. The molecule has 4 rings (SSSR count). The van der Waals surface area contributed by atoms with E-state index in [1.54, 1.807) is 0 Å². The number of benzene rings is 2. The van der Waals surface area contributed by atoms with Gasteiger partial charge >= 0.3 is 0 Å². The first-order chi connectivity index (χ1) is 15.8. The van der Waals surface area contributed by atoms with Crippen LogP contribution >= 0.6 is 11.8 Å². The van der Waals surface area contributed by atoms with Gasteiger partial charge < -0.3 is 4.74 Å². The molecule has 2 atom stereocenters. The van der Waals surface area contributed by atoms with Crippen LogP contribution in [0.3, 0.4) is 0 Å². The maximum absolute atomic E-state index is 6.28. The highest BCUT2D eigenvalue weighted by molar-refractivity contribution is 7.99. The van der Waals surface area contributed by atoms with Crippen LogP contribution in [0.25, 0.3) is 0 Å². The minimum Gasteiger partial charge on any atom is -0.374 e. The van der Waals surface area contributed by atoms with E-state index in [-0.39, 0.29) is 11.4 Å². The third-order valence-electron chi connectivity index (χ3n) is 5.09. The molecule has 3 aromatic rings. The Morgan fingerprint density at radius 2 is 1.59 bits per heavy atom. The summed E-state index contributed by atoms with van der Waals surface area (Å²) < 4.78 is 6.28. The largest absolute Gasteiger partial charge is 0.374 e. The average Bonchev–Trinajstić information content (AvgIpc) is 2.87. The van der Waals surface area contributed by atoms with Crippen molar-refractivity contribution in [2.24, 2.45) is 0 Å². The van der Waals surface area contributed by atoms with Gasteiger partial charge in [0.05, 0.1) is 23.0 Å². The van der Waals surface area contributed by atoms with Crippen molar-refractivity contribution in [3.8, 4) is 0 Å². The van der Waals surface area contributed by atoms with Gasteiger partial charge in [0.1, 0.15) is 0 Å². The van der Waals surface area contributed by atoms with E-state index in [0.29, 0.717) is 0 Å². The SMILES string of the molecule is CC.CC.Cc1cccnc1SC(c1ccccc1)C1CN(Cc2ccccc2)CCO1. The number of hydrogen-bond acceptors (Lipinski definition) is 4. The number of morpholine rings is 1. The van der Waals surface area contributed by atoms with Crippen molar-refractivity contribution in [2.75, 3.05) is 19.7 Å². The lowest BCUT2D eigenvalue weighted by molar-refractivity contribution is -0.0320. The summed E-state index contributed by atoms with van der Waals surface area (Å²) in [6.07, 6.45) is 2.01. The topological polar surface area (TPSA) is 25.4 Å². The van der Waals surface area contributed by atoms with Crippen LogP contribution in [-0.4, -0.2) is 35.7 Å². The Balaban J connectivity index is 0.000000860. The number of pyridine rings is 1. The van der Waals surface area contributed by atoms with E-state index in [1.165, 1.54) is 16.7 Å². The Morgan fingerprint density at radius 3 is 2.25 bits per heavy atom. The molecule has 1 aromatic heterocycles. The van der Waals surface area contributed by atoms with Crippen LogP contribution in [0.1, 0.15) is 49.6 Å². The van der Waals surface area contributed by atoms with E-state index in [4.69, 9.17) is 4.74 Å². The van der Waals surface area contributed by atoms with Crippen molar-refractivity contribution in [2.45, 2.75) is 57.5 Å². The van der Waals surface area contributed by atoms with E-state index in [9.17, 15) is 0 Å². The first-order valence-electron chi connectivity index (χ1n) is 11.8. The summed E-state index contributed by atoms with van der Waals surface area (Å²) in [6, 6.07) is 25.5. The standard InChI is InChI=1S/C24H26N2OS.2C2H6/c1-19-9-8-14-25-24(19)28-23(21-12-6-3-7-13-21)22-18-26(15-16-27-22)17-20-10-4-2-5-11-20;2*1-2/h2-14,22-23H,15-18H2,1H3;2*1-2H3. The molecule has 1 aliphatic rings. The van der Waals surface area contributed by atoms with Gasteiger partial charge in [-0.2, -0.15) is 0 Å². The van der Waals surface area contributed by atoms with Crippen LogP contribution in [0.5, 0.6) is 0 Å². The summed E-state index contributed by atoms with van der Waals surface area (Å²) >= 11 is 1.82. The molecular weight excluding hydrogens is 412 g/mol. The van der Waals surface area contributed by atoms with Crippen molar-refractivity contribution in [1.82, 2.24) is 9.88 Å². The van der Waals surface area contributed by atoms with Gasteiger partial charge in [-0.1, -0.05) is 106 Å². The molecule has 172 valence electrons. The van der Waals surface area contributed by atoms with Crippen molar-refractivity contribution in [1.29, 1.82) is 0 Å². The zero-order valence-electron chi connectivity index (χ0n) is 20.2. The molecule has 1 fully saturated rings. The van der Waals surface area contributed by atoms with Gasteiger partial charge in [-0.3, -0.25) is 4.90 Å². The first-order valence-corrected chi connectivity index (χ1v) is 12.7. The maximum Gasteiger partial charge on any atom is 0.0995 e. The highest BCUT2D eigenvalue weighted by Crippen LogP contribution is 2.40. The predicted octanol–water partition coefficient (Wildman–Crippen LogP) is 7.18. The lowest BCUT2D eigenvalue weighted by atomic mass is 10.1. The molecule has 0 spiro atoms. The first kappa shape index (κ1) is 26.1. The summed E-state index contributed by atoms with van der Waals surface area (Å²) in [5, 5.41) is 1.30. The highest BCUT2D eigenvalue weighted by atomic mass is 32.2. The maximum atomic E-state index is 6.28. The average molecular weight is 451 g/mol. The van der Waals surface area contributed by atoms with Gasteiger partial charge in [0.2, 0.25) is 0 Å². The molecule has 0 amide bonds. The third-order valence-corrected chi connectivity index (χ3v) is 6.57. The van der Waals surface area contributed by atoms with Crippen molar-refractivity contribution < 1.29 is 4.74 Å². The van der Waals surface area contributed by atoms with Gasteiger partial charge in [-0.15, -0.1) is 0 Å². The molecule has 1 aliphatic heterocycles. The van der Waals surface area contributed by atoms with E-state index in [2.05, 4.69) is 83.5 Å². The quantitative estimate of drug-likeness (QED) is 0.372. The fraction of sp³-hybridized carbons (Fsp3) is 0.393. The minimum atomic E-state index is 0.131. The van der Waals surface area contributed by atoms with Crippen LogP contribution < -0.4 is 0 Å². The molecule has 3 nitrogen and oxygen atoms in total. The summed E-state index contributed by atoms with van der Waals surface area (Å²) in [6.45, 7) is 13.8. The second-order valence-electron chi connectivity index (χ2n) is 7.20. The fourth-order valence-electron chi connectivity index (χ4n) is 3.62. The molecule has 1 saturated heterocycles. The second-order valence-corrected chi connectivity index (χ2v) is 8.33. The molecule has 0 radical (unpaired) electrons. The Bertz CT molecular complexity index is 873. The zero-order chi connectivity index (χ0) is 23.2. The van der Waals surface area contributed by atoms with Crippen LogP contribution in [-0.2, 0) is 11.3 Å². The Labute approximate surface area is 199 Å². The van der Waals surface area contributed by atoms with Gasteiger partial charge in [0, 0.05) is 25.8 Å². The van der Waals surface area contributed by atoms with Gasteiger partial charge in [-0.05, 0) is 29.7 Å². The van der Waals surface area contributed by atoms with Gasteiger partial charge in [0.25, 0.3) is 0 Å². The molecule has 2 unspecified atom stereocenters. The third kappa shape index (κ3) is 7.77. The van der Waals surface area contributed by atoms with E-state index >= 15 is 0 Å².